The van der Waals surface area contributed by atoms with Gasteiger partial charge in [-0.25, -0.2) is 0 Å². The van der Waals surface area contributed by atoms with Gasteiger partial charge >= 0.3 is 0 Å². The van der Waals surface area contributed by atoms with Gasteiger partial charge in [-0.1, -0.05) is 0 Å². The summed E-state index contributed by atoms with van der Waals surface area (Å²) >= 11 is 1.78. The van der Waals surface area contributed by atoms with Gasteiger partial charge in [0.2, 0.25) is 0 Å². The molecule has 2 atom stereocenters. The van der Waals surface area contributed by atoms with Crippen molar-refractivity contribution in [3.8, 4) is 0 Å². The summed E-state index contributed by atoms with van der Waals surface area (Å²) in [7, 11) is 1.79. The van der Waals surface area contributed by atoms with E-state index in [-0.39, 0.29) is 0 Å². The maximum atomic E-state index is 5.28. The van der Waals surface area contributed by atoms with Crippen LogP contribution in [0.15, 0.2) is 16.8 Å². The minimum Gasteiger partial charge on any atom is -0.383 e. The number of hydrogen-bond donors (Lipinski definition) is 1. The highest BCUT2D eigenvalue weighted by molar-refractivity contribution is 7.07. The second-order valence-electron chi connectivity index (χ2n) is 4.80. The fraction of sp³-hybridized carbons (Fsp3) is 0.692. The second-order valence-corrected chi connectivity index (χ2v) is 5.58. The second kappa shape index (κ2) is 5.80. The molecular formula is C13H21NOS. The van der Waals surface area contributed by atoms with Gasteiger partial charge < -0.3 is 10.1 Å². The highest BCUT2D eigenvalue weighted by atomic mass is 32.1. The molecule has 1 heterocycles. The molecule has 1 aromatic rings. The van der Waals surface area contributed by atoms with Crippen molar-refractivity contribution in [2.24, 2.45) is 5.92 Å². The largest absolute Gasteiger partial charge is 0.383 e. The third-order valence-corrected chi connectivity index (χ3v) is 3.89. The number of hydrogen-bond acceptors (Lipinski definition) is 3. The summed E-state index contributed by atoms with van der Waals surface area (Å²) in [5, 5.41) is 8.08. The normalized spacial score (nSPS) is 19.6. The van der Waals surface area contributed by atoms with Gasteiger partial charge in [0.1, 0.15) is 0 Å². The third kappa shape index (κ3) is 3.58. The molecule has 1 fully saturated rings. The molecule has 0 bridgehead atoms. The first kappa shape index (κ1) is 12.1. The molecule has 1 aliphatic carbocycles. The summed E-state index contributed by atoms with van der Waals surface area (Å²) in [6.07, 6.45) is 3.86. The van der Waals surface area contributed by atoms with Crippen molar-refractivity contribution in [1.29, 1.82) is 0 Å². The van der Waals surface area contributed by atoms with Crippen LogP contribution in [0.4, 0.5) is 0 Å². The van der Waals surface area contributed by atoms with Crippen LogP contribution in [0.5, 0.6) is 0 Å². The predicted octanol–water partition coefficient (Wildman–Crippen LogP) is 2.69. The fourth-order valence-electron chi connectivity index (χ4n) is 2.19. The maximum Gasteiger partial charge on any atom is 0.0618 e. The Morgan fingerprint density at radius 2 is 2.38 bits per heavy atom. The van der Waals surface area contributed by atoms with E-state index in [2.05, 4.69) is 29.1 Å². The standard InChI is InChI=1S/C13H21NOS/c1-10(7-11-5-6-16-9-11)14-13(8-15-2)12-3-4-12/h5-6,9-10,12-14H,3-4,7-8H2,1-2H3. The molecule has 0 spiro atoms. The summed E-state index contributed by atoms with van der Waals surface area (Å²) in [5.41, 5.74) is 1.44. The lowest BCUT2D eigenvalue weighted by molar-refractivity contribution is 0.152. The van der Waals surface area contributed by atoms with Gasteiger partial charge in [-0.15, -0.1) is 0 Å². The molecule has 3 heteroatoms. The van der Waals surface area contributed by atoms with Crippen molar-refractivity contribution in [2.45, 2.75) is 38.3 Å². The first-order valence-electron chi connectivity index (χ1n) is 6.05. The average molecular weight is 239 g/mol. The van der Waals surface area contributed by atoms with Gasteiger partial charge in [0.05, 0.1) is 6.61 Å². The first-order valence-corrected chi connectivity index (χ1v) is 7.00. The van der Waals surface area contributed by atoms with E-state index in [1.54, 1.807) is 18.4 Å². The van der Waals surface area contributed by atoms with Gasteiger partial charge in [-0.3, -0.25) is 0 Å². The highest BCUT2D eigenvalue weighted by Gasteiger charge is 2.31. The summed E-state index contributed by atoms with van der Waals surface area (Å²) in [6.45, 7) is 3.11. The fourth-order valence-corrected chi connectivity index (χ4v) is 2.87. The van der Waals surface area contributed by atoms with E-state index >= 15 is 0 Å². The van der Waals surface area contributed by atoms with Gasteiger partial charge in [-0.2, -0.15) is 11.3 Å². The number of rotatable bonds is 7. The lowest BCUT2D eigenvalue weighted by atomic mass is 10.1. The van der Waals surface area contributed by atoms with E-state index in [1.165, 1.54) is 18.4 Å². The zero-order chi connectivity index (χ0) is 11.4. The molecule has 1 aliphatic rings. The lowest BCUT2D eigenvalue weighted by Crippen LogP contribution is -2.41. The van der Waals surface area contributed by atoms with Crippen LogP contribution in [0.1, 0.15) is 25.3 Å². The Kier molecular flexibility index (Phi) is 4.38. The van der Waals surface area contributed by atoms with Crippen molar-refractivity contribution >= 4 is 11.3 Å². The zero-order valence-corrected chi connectivity index (χ0v) is 10.9. The molecule has 0 saturated heterocycles. The van der Waals surface area contributed by atoms with Crippen LogP contribution >= 0.6 is 11.3 Å². The SMILES string of the molecule is COCC(NC(C)Cc1ccsc1)C1CC1. The molecule has 2 nitrogen and oxygen atoms in total. The topological polar surface area (TPSA) is 21.3 Å². The third-order valence-electron chi connectivity index (χ3n) is 3.16. The van der Waals surface area contributed by atoms with Gasteiger partial charge in [0.15, 0.2) is 0 Å². The predicted molar refractivity (Wildman–Crippen MR) is 69.0 cm³/mol. The van der Waals surface area contributed by atoms with Crippen molar-refractivity contribution in [1.82, 2.24) is 5.32 Å². The molecule has 1 aromatic heterocycles. The lowest BCUT2D eigenvalue weighted by Gasteiger charge is -2.22. The van der Waals surface area contributed by atoms with Crippen molar-refractivity contribution in [2.75, 3.05) is 13.7 Å². The highest BCUT2D eigenvalue weighted by Crippen LogP contribution is 2.33. The zero-order valence-electron chi connectivity index (χ0n) is 10.1. The molecule has 1 N–H and O–H groups in total. The Morgan fingerprint density at radius 1 is 1.56 bits per heavy atom. The average Bonchev–Trinajstić information content (AvgIpc) is 2.98. The Balaban J connectivity index is 1.78. The molecule has 0 aromatic carbocycles. The minimum absolute atomic E-state index is 0.537. The monoisotopic (exact) mass is 239 g/mol. The maximum absolute atomic E-state index is 5.28. The Morgan fingerprint density at radius 3 is 2.94 bits per heavy atom. The van der Waals surface area contributed by atoms with Crippen LogP contribution in [-0.2, 0) is 11.2 Å². The van der Waals surface area contributed by atoms with Gasteiger partial charge in [0.25, 0.3) is 0 Å². The van der Waals surface area contributed by atoms with E-state index < -0.39 is 0 Å². The van der Waals surface area contributed by atoms with Crippen molar-refractivity contribution in [3.05, 3.63) is 22.4 Å². The molecular weight excluding hydrogens is 218 g/mol. The van der Waals surface area contributed by atoms with Crippen LogP contribution in [0.2, 0.25) is 0 Å². The summed E-state index contributed by atoms with van der Waals surface area (Å²) in [4.78, 5) is 0. The molecule has 2 rings (SSSR count). The van der Waals surface area contributed by atoms with Crippen LogP contribution < -0.4 is 5.32 Å². The Labute approximate surface area is 102 Å². The quantitative estimate of drug-likeness (QED) is 0.790. The van der Waals surface area contributed by atoms with Crippen LogP contribution in [-0.4, -0.2) is 25.8 Å². The summed E-state index contributed by atoms with van der Waals surface area (Å²) in [5.74, 6) is 0.852. The first-order chi connectivity index (χ1) is 7.79. The molecule has 1 saturated carbocycles. The van der Waals surface area contributed by atoms with Crippen molar-refractivity contribution in [3.63, 3.8) is 0 Å². The molecule has 2 unspecified atom stereocenters. The number of methoxy groups -OCH3 is 1. The van der Waals surface area contributed by atoms with E-state index in [1.807, 2.05) is 0 Å². The van der Waals surface area contributed by atoms with Crippen LogP contribution in [0.25, 0.3) is 0 Å². The molecule has 0 aliphatic heterocycles. The Bertz CT molecular complexity index is 295. The number of thiophene rings is 1. The molecule has 0 radical (unpaired) electrons. The molecule has 0 amide bonds. The van der Waals surface area contributed by atoms with Gasteiger partial charge in [-0.05, 0) is 54.5 Å². The van der Waals surface area contributed by atoms with E-state index in [4.69, 9.17) is 4.74 Å². The van der Waals surface area contributed by atoms with Crippen LogP contribution in [0.3, 0.4) is 0 Å². The number of ether oxygens (including phenoxy) is 1. The van der Waals surface area contributed by atoms with E-state index in [0.717, 1.165) is 18.9 Å². The Hall–Kier alpha value is -0.380. The van der Waals surface area contributed by atoms with E-state index in [9.17, 15) is 0 Å². The number of nitrogens with one attached hydrogen (secondary N) is 1. The van der Waals surface area contributed by atoms with E-state index in [0.29, 0.717) is 12.1 Å². The van der Waals surface area contributed by atoms with Crippen LogP contribution in [0, 0.1) is 5.92 Å². The minimum atomic E-state index is 0.537. The summed E-state index contributed by atoms with van der Waals surface area (Å²) in [6, 6.07) is 3.31. The van der Waals surface area contributed by atoms with Gasteiger partial charge in [0, 0.05) is 19.2 Å². The van der Waals surface area contributed by atoms with Crippen molar-refractivity contribution < 1.29 is 4.74 Å². The molecule has 90 valence electrons. The molecule has 16 heavy (non-hydrogen) atoms. The smallest absolute Gasteiger partial charge is 0.0618 e. The summed E-state index contributed by atoms with van der Waals surface area (Å²) < 4.78 is 5.28.